The third kappa shape index (κ3) is 4.60. The molecule has 1 N–H and O–H groups in total. The molecule has 7 heteroatoms. The molecule has 2 aromatic heterocycles. The lowest BCUT2D eigenvalue weighted by atomic mass is 10.0. The molecule has 38 heavy (non-hydrogen) atoms. The largest absolute Gasteiger partial charge is 0.497 e. The van der Waals surface area contributed by atoms with Crippen LogP contribution in [0, 0.1) is 0 Å². The van der Waals surface area contributed by atoms with Crippen molar-refractivity contribution in [3.05, 3.63) is 133 Å². The third-order valence-electron chi connectivity index (χ3n) is 6.63. The monoisotopic (exact) mass is 518 g/mol. The molecule has 0 unspecified atom stereocenters. The van der Waals surface area contributed by atoms with E-state index < -0.39 is 0 Å². The Labute approximate surface area is 227 Å². The van der Waals surface area contributed by atoms with Gasteiger partial charge in [-0.1, -0.05) is 24.3 Å². The summed E-state index contributed by atoms with van der Waals surface area (Å²) in [4.78, 5) is 6.84. The van der Waals surface area contributed by atoms with Crippen molar-refractivity contribution in [3.63, 3.8) is 0 Å². The van der Waals surface area contributed by atoms with Crippen LogP contribution in [0.3, 0.4) is 0 Å². The molecule has 0 spiro atoms. The van der Waals surface area contributed by atoms with E-state index in [1.165, 1.54) is 0 Å². The van der Waals surface area contributed by atoms with Crippen LogP contribution in [0.15, 0.2) is 122 Å². The Morgan fingerprint density at radius 1 is 0.737 bits per heavy atom. The van der Waals surface area contributed by atoms with Gasteiger partial charge in [0.25, 0.3) is 0 Å². The summed E-state index contributed by atoms with van der Waals surface area (Å²) in [5, 5.41) is 4.19. The van der Waals surface area contributed by atoms with Crippen molar-refractivity contribution in [1.29, 1.82) is 0 Å². The number of nitrogens with one attached hydrogen (secondary N) is 1. The van der Waals surface area contributed by atoms with Crippen LogP contribution in [0.25, 0.3) is 5.69 Å². The molecule has 2 atom stereocenters. The molecule has 1 aliphatic heterocycles. The van der Waals surface area contributed by atoms with Crippen LogP contribution >= 0.6 is 12.2 Å². The van der Waals surface area contributed by atoms with E-state index in [1.54, 1.807) is 7.11 Å². The van der Waals surface area contributed by atoms with Crippen molar-refractivity contribution < 1.29 is 9.47 Å². The second-order valence-electron chi connectivity index (χ2n) is 8.91. The van der Waals surface area contributed by atoms with Gasteiger partial charge in [0.1, 0.15) is 23.3 Å². The number of anilines is 1. The number of benzene rings is 3. The number of hydrogen-bond donors (Lipinski definition) is 1. The van der Waals surface area contributed by atoms with E-state index >= 15 is 0 Å². The Kier molecular flexibility index (Phi) is 6.50. The van der Waals surface area contributed by atoms with Crippen LogP contribution in [-0.4, -0.2) is 21.8 Å². The number of aromatic nitrogens is 2. The number of rotatable bonds is 7. The number of methoxy groups -OCH3 is 1. The normalized spacial score (nSPS) is 16.8. The SMILES string of the molecule is COc1ccc(Oc2ccc(N3C(=S)N[C@H](c4ccccn4)[C@H]3c3cccn3-c3ccccc3)cc2)cc1. The first-order chi connectivity index (χ1) is 18.7. The Bertz CT molecular complexity index is 1520. The standard InChI is InChI=1S/C31H26N4O2S/c1-36-24-16-18-26(19-17-24)37-25-14-12-23(13-15-25)35-30(29(33-31(35)38)27-10-5-6-20-32-27)28-11-7-21-34(28)22-8-3-2-4-9-22/h2-21,29-30H,1H3,(H,33,38)/t29-,30-/m1/s1. The zero-order valence-electron chi connectivity index (χ0n) is 20.8. The molecule has 1 aliphatic rings. The molecule has 0 radical (unpaired) electrons. The van der Waals surface area contributed by atoms with Gasteiger partial charge >= 0.3 is 0 Å². The Morgan fingerprint density at radius 3 is 2.11 bits per heavy atom. The third-order valence-corrected chi connectivity index (χ3v) is 6.94. The van der Waals surface area contributed by atoms with Crippen molar-refractivity contribution in [1.82, 2.24) is 14.9 Å². The molecule has 3 heterocycles. The Balaban J connectivity index is 1.36. The summed E-state index contributed by atoms with van der Waals surface area (Å²) in [6.07, 6.45) is 3.91. The summed E-state index contributed by atoms with van der Waals surface area (Å²) >= 11 is 5.91. The van der Waals surface area contributed by atoms with Crippen LogP contribution < -0.4 is 19.7 Å². The summed E-state index contributed by atoms with van der Waals surface area (Å²) in [5.41, 5.74) is 4.10. The molecule has 0 aliphatic carbocycles. The maximum atomic E-state index is 6.05. The molecule has 3 aromatic carbocycles. The smallest absolute Gasteiger partial charge is 0.174 e. The molecule has 0 amide bonds. The van der Waals surface area contributed by atoms with Gasteiger partial charge in [0, 0.05) is 29.5 Å². The van der Waals surface area contributed by atoms with Crippen LogP contribution in [0.2, 0.25) is 0 Å². The minimum atomic E-state index is -0.128. The van der Waals surface area contributed by atoms with Crippen molar-refractivity contribution in [2.45, 2.75) is 12.1 Å². The Morgan fingerprint density at radius 2 is 1.42 bits per heavy atom. The second-order valence-corrected chi connectivity index (χ2v) is 9.29. The van der Waals surface area contributed by atoms with Gasteiger partial charge < -0.3 is 24.3 Å². The van der Waals surface area contributed by atoms with Gasteiger partial charge in [-0.3, -0.25) is 4.98 Å². The van der Waals surface area contributed by atoms with Crippen molar-refractivity contribution in [2.24, 2.45) is 0 Å². The fourth-order valence-corrected chi connectivity index (χ4v) is 5.19. The van der Waals surface area contributed by atoms with E-state index in [1.807, 2.05) is 91.1 Å². The quantitative estimate of drug-likeness (QED) is 0.238. The number of thiocarbonyl (C=S) groups is 1. The molecule has 0 saturated carbocycles. The molecule has 0 bridgehead atoms. The number of hydrogen-bond acceptors (Lipinski definition) is 4. The summed E-state index contributed by atoms with van der Waals surface area (Å²) in [6.45, 7) is 0. The first-order valence-corrected chi connectivity index (χ1v) is 12.8. The average molecular weight is 519 g/mol. The van der Waals surface area contributed by atoms with E-state index in [0.717, 1.165) is 40.0 Å². The molecular formula is C31H26N4O2S. The van der Waals surface area contributed by atoms with Gasteiger partial charge in [-0.05, 0) is 97.1 Å². The van der Waals surface area contributed by atoms with Gasteiger partial charge in [-0.15, -0.1) is 0 Å². The fourth-order valence-electron chi connectivity index (χ4n) is 4.85. The highest BCUT2D eigenvalue weighted by atomic mass is 32.1. The minimum absolute atomic E-state index is 0.124. The molecule has 6 nitrogen and oxygen atoms in total. The van der Waals surface area contributed by atoms with Gasteiger partial charge in [0.2, 0.25) is 0 Å². The fraction of sp³-hybridized carbons (Fsp3) is 0.0968. The second kappa shape index (κ2) is 10.4. The van der Waals surface area contributed by atoms with Crippen molar-refractivity contribution in [3.8, 4) is 22.9 Å². The minimum Gasteiger partial charge on any atom is -0.497 e. The van der Waals surface area contributed by atoms with E-state index in [9.17, 15) is 0 Å². The van der Waals surface area contributed by atoms with Crippen molar-refractivity contribution >= 4 is 23.0 Å². The number of ether oxygens (including phenoxy) is 2. The zero-order valence-corrected chi connectivity index (χ0v) is 21.6. The summed E-state index contributed by atoms with van der Waals surface area (Å²) in [6, 6.07) is 35.8. The number of para-hydroxylation sites is 1. The zero-order chi connectivity index (χ0) is 25.9. The topological polar surface area (TPSA) is 51.6 Å². The first kappa shape index (κ1) is 23.8. The van der Waals surface area contributed by atoms with E-state index in [4.69, 9.17) is 21.7 Å². The van der Waals surface area contributed by atoms with Crippen molar-refractivity contribution in [2.75, 3.05) is 12.0 Å². The van der Waals surface area contributed by atoms with E-state index in [-0.39, 0.29) is 12.1 Å². The van der Waals surface area contributed by atoms with E-state index in [2.05, 4.69) is 50.2 Å². The van der Waals surface area contributed by atoms with Gasteiger partial charge in [0.05, 0.1) is 18.8 Å². The lowest BCUT2D eigenvalue weighted by molar-refractivity contribution is 0.413. The predicted molar refractivity (Wildman–Crippen MR) is 153 cm³/mol. The molecule has 6 rings (SSSR count). The lowest BCUT2D eigenvalue weighted by Gasteiger charge is -2.29. The highest BCUT2D eigenvalue weighted by Crippen LogP contribution is 2.42. The summed E-state index contributed by atoms with van der Waals surface area (Å²) in [5.74, 6) is 2.27. The average Bonchev–Trinajstić information content (AvgIpc) is 3.59. The number of pyridine rings is 1. The summed E-state index contributed by atoms with van der Waals surface area (Å²) < 4.78 is 13.5. The maximum Gasteiger partial charge on any atom is 0.174 e. The molecular weight excluding hydrogens is 492 g/mol. The molecule has 188 valence electrons. The predicted octanol–water partition coefficient (Wildman–Crippen LogP) is 6.85. The van der Waals surface area contributed by atoms with Gasteiger partial charge in [0.15, 0.2) is 5.11 Å². The van der Waals surface area contributed by atoms with Crippen LogP contribution in [0.4, 0.5) is 5.69 Å². The van der Waals surface area contributed by atoms with Crippen LogP contribution in [-0.2, 0) is 0 Å². The highest BCUT2D eigenvalue weighted by Gasteiger charge is 2.42. The van der Waals surface area contributed by atoms with Crippen LogP contribution in [0.1, 0.15) is 23.5 Å². The van der Waals surface area contributed by atoms with E-state index in [0.29, 0.717) is 5.11 Å². The van der Waals surface area contributed by atoms with Crippen LogP contribution in [0.5, 0.6) is 17.2 Å². The molecule has 1 fully saturated rings. The highest BCUT2D eigenvalue weighted by molar-refractivity contribution is 7.80. The number of nitrogens with zero attached hydrogens (tertiary/aromatic N) is 3. The maximum absolute atomic E-state index is 6.05. The molecule has 1 saturated heterocycles. The van der Waals surface area contributed by atoms with Gasteiger partial charge in [-0.2, -0.15) is 0 Å². The Hall–Kier alpha value is -4.62. The first-order valence-electron chi connectivity index (χ1n) is 12.4. The summed E-state index contributed by atoms with van der Waals surface area (Å²) in [7, 11) is 1.65. The van der Waals surface area contributed by atoms with Gasteiger partial charge in [-0.25, -0.2) is 0 Å². The molecule has 5 aromatic rings. The lowest BCUT2D eigenvalue weighted by Crippen LogP contribution is -2.30.